The Morgan fingerprint density at radius 2 is 1.71 bits per heavy atom. The van der Waals surface area contributed by atoms with Gasteiger partial charge in [-0.15, -0.1) is 10.2 Å². The molecular formula is C24H27N3OS3. The summed E-state index contributed by atoms with van der Waals surface area (Å²) in [6.07, 6.45) is 2.28. The van der Waals surface area contributed by atoms with Gasteiger partial charge < -0.3 is 5.32 Å². The molecule has 1 heterocycles. The van der Waals surface area contributed by atoms with Crippen molar-refractivity contribution in [3.63, 3.8) is 0 Å². The number of carbonyl (C=O) groups is 1. The quantitative estimate of drug-likeness (QED) is 0.375. The van der Waals surface area contributed by atoms with Crippen molar-refractivity contribution >= 4 is 40.8 Å². The van der Waals surface area contributed by atoms with Crippen molar-refractivity contribution in [3.05, 3.63) is 71.3 Å². The zero-order valence-corrected chi connectivity index (χ0v) is 20.3. The third-order valence-electron chi connectivity index (χ3n) is 5.59. The van der Waals surface area contributed by atoms with Gasteiger partial charge in [-0.2, -0.15) is 0 Å². The van der Waals surface area contributed by atoms with Gasteiger partial charge in [0.2, 0.25) is 5.91 Å². The smallest absolute Gasteiger partial charge is 0.230 e. The van der Waals surface area contributed by atoms with E-state index in [1.807, 2.05) is 6.07 Å². The molecule has 3 aromatic rings. The van der Waals surface area contributed by atoms with Crippen LogP contribution in [0.15, 0.2) is 63.3 Å². The summed E-state index contributed by atoms with van der Waals surface area (Å²) in [5.74, 6) is 1.86. The Kier molecular flexibility index (Phi) is 7.35. The van der Waals surface area contributed by atoms with E-state index in [2.05, 4.69) is 77.9 Å². The third kappa shape index (κ3) is 6.11. The molecule has 0 bridgehead atoms. The van der Waals surface area contributed by atoms with Crippen molar-refractivity contribution in [2.45, 2.75) is 52.5 Å². The molecule has 162 valence electrons. The van der Waals surface area contributed by atoms with Gasteiger partial charge in [0.15, 0.2) is 8.68 Å². The number of hydrogen-bond donors (Lipinski definition) is 1. The maximum absolute atomic E-state index is 12.3. The van der Waals surface area contributed by atoms with Gasteiger partial charge in [0.1, 0.15) is 0 Å². The van der Waals surface area contributed by atoms with E-state index in [4.69, 9.17) is 0 Å². The van der Waals surface area contributed by atoms with Crippen molar-refractivity contribution in [1.82, 2.24) is 15.5 Å². The molecule has 0 saturated heterocycles. The lowest BCUT2D eigenvalue weighted by atomic mass is 9.96. The number of thioether (sulfide) groups is 2. The second-order valence-corrected chi connectivity index (χ2v) is 11.7. The predicted molar refractivity (Wildman–Crippen MR) is 131 cm³/mol. The molecule has 1 aromatic heterocycles. The average molecular weight is 470 g/mol. The van der Waals surface area contributed by atoms with Crippen molar-refractivity contribution < 1.29 is 4.79 Å². The first-order valence-corrected chi connectivity index (χ1v) is 13.3. The average Bonchev–Trinajstić information content (AvgIpc) is 3.46. The molecule has 4 rings (SSSR count). The van der Waals surface area contributed by atoms with E-state index in [1.54, 1.807) is 23.1 Å². The van der Waals surface area contributed by atoms with E-state index in [1.165, 1.54) is 28.5 Å². The molecule has 4 nitrogen and oxygen atoms in total. The van der Waals surface area contributed by atoms with Crippen LogP contribution in [0.5, 0.6) is 0 Å². The van der Waals surface area contributed by atoms with E-state index in [9.17, 15) is 4.79 Å². The summed E-state index contributed by atoms with van der Waals surface area (Å²) in [6.45, 7) is 5.12. The molecular weight excluding hydrogens is 442 g/mol. The Morgan fingerprint density at radius 1 is 1.03 bits per heavy atom. The van der Waals surface area contributed by atoms with Gasteiger partial charge in [-0.25, -0.2) is 0 Å². The van der Waals surface area contributed by atoms with Crippen LogP contribution in [0.25, 0.3) is 0 Å². The lowest BCUT2D eigenvalue weighted by Gasteiger charge is -2.16. The number of nitrogens with one attached hydrogen (secondary N) is 1. The van der Waals surface area contributed by atoms with Crippen LogP contribution >= 0.6 is 34.9 Å². The van der Waals surface area contributed by atoms with Crippen molar-refractivity contribution in [2.24, 2.45) is 0 Å². The molecule has 1 N–H and O–H groups in total. The Hall–Kier alpha value is -1.83. The fourth-order valence-corrected chi connectivity index (χ4v) is 6.22. The molecule has 1 aliphatic rings. The van der Waals surface area contributed by atoms with Crippen LogP contribution in [0, 0.1) is 0 Å². The van der Waals surface area contributed by atoms with Crippen LogP contribution in [-0.2, 0) is 16.0 Å². The molecule has 0 atom stereocenters. The van der Waals surface area contributed by atoms with E-state index >= 15 is 0 Å². The molecule has 1 aliphatic carbocycles. The summed E-state index contributed by atoms with van der Waals surface area (Å²) in [7, 11) is 0. The number of hydrogen-bond acceptors (Lipinski definition) is 6. The van der Waals surface area contributed by atoms with Gasteiger partial charge in [-0.1, -0.05) is 103 Å². The number of amides is 1. The zero-order valence-electron chi connectivity index (χ0n) is 17.8. The Bertz CT molecular complexity index is 998. The highest BCUT2D eigenvalue weighted by Crippen LogP contribution is 2.47. The van der Waals surface area contributed by atoms with E-state index in [0.29, 0.717) is 18.2 Å². The largest absolute Gasteiger partial charge is 0.354 e. The number of nitrogens with zero attached hydrogens (tertiary/aromatic N) is 2. The summed E-state index contributed by atoms with van der Waals surface area (Å²) in [4.78, 5) is 12.3. The van der Waals surface area contributed by atoms with Crippen LogP contribution in [0.3, 0.4) is 0 Å². The summed E-state index contributed by atoms with van der Waals surface area (Å²) in [5, 5.41) is 11.6. The fourth-order valence-electron chi connectivity index (χ4n) is 3.41. The normalized spacial score (nSPS) is 14.5. The molecule has 31 heavy (non-hydrogen) atoms. The van der Waals surface area contributed by atoms with Crippen LogP contribution in [0.2, 0.25) is 0 Å². The highest BCUT2D eigenvalue weighted by atomic mass is 32.2. The summed E-state index contributed by atoms with van der Waals surface area (Å²) in [6, 6.07) is 19.3. The number of aromatic nitrogens is 2. The molecule has 7 heteroatoms. The standard InChI is InChI=1S/C24H27N3OS3/c1-17(2)19-10-8-18(9-11-19)14-29-22-26-27-23(31-22)30-15-21(28)25-16-24(12-13-24)20-6-4-3-5-7-20/h3-11,17H,12-16H2,1-2H3,(H,25,28). The number of carbonyl (C=O) groups excluding carboxylic acids is 1. The number of benzene rings is 2. The van der Waals surface area contributed by atoms with Crippen molar-refractivity contribution in [3.8, 4) is 0 Å². The fraction of sp³-hybridized carbons (Fsp3) is 0.375. The lowest BCUT2D eigenvalue weighted by molar-refractivity contribution is -0.118. The van der Waals surface area contributed by atoms with E-state index < -0.39 is 0 Å². The van der Waals surface area contributed by atoms with Gasteiger partial charge in [0, 0.05) is 17.7 Å². The van der Waals surface area contributed by atoms with E-state index in [-0.39, 0.29) is 11.3 Å². The van der Waals surface area contributed by atoms with Crippen LogP contribution in [-0.4, -0.2) is 28.4 Å². The first kappa shape index (κ1) is 22.4. The molecule has 1 fully saturated rings. The molecule has 0 radical (unpaired) electrons. The van der Waals surface area contributed by atoms with Crippen LogP contribution in [0.1, 0.15) is 49.3 Å². The second-order valence-electron chi connectivity index (χ2n) is 8.23. The molecule has 0 spiro atoms. The minimum atomic E-state index is 0.0573. The zero-order chi connectivity index (χ0) is 21.7. The maximum Gasteiger partial charge on any atom is 0.230 e. The van der Waals surface area contributed by atoms with Gasteiger partial charge in [-0.05, 0) is 35.4 Å². The molecule has 1 saturated carbocycles. The second kappa shape index (κ2) is 10.2. The molecule has 0 unspecified atom stereocenters. The monoisotopic (exact) mass is 469 g/mol. The topological polar surface area (TPSA) is 54.9 Å². The minimum absolute atomic E-state index is 0.0573. The lowest BCUT2D eigenvalue weighted by Crippen LogP contribution is -2.33. The van der Waals surface area contributed by atoms with Crippen LogP contribution < -0.4 is 5.32 Å². The summed E-state index contributed by atoms with van der Waals surface area (Å²) in [5.41, 5.74) is 4.11. The van der Waals surface area contributed by atoms with Crippen molar-refractivity contribution in [1.29, 1.82) is 0 Å². The highest BCUT2D eigenvalue weighted by molar-refractivity contribution is 8.03. The first-order chi connectivity index (χ1) is 15.0. The third-order valence-corrected chi connectivity index (χ3v) is 8.85. The SMILES string of the molecule is CC(C)c1ccc(CSc2nnc(SCC(=O)NCC3(c4ccccc4)CC3)s2)cc1. The van der Waals surface area contributed by atoms with E-state index in [0.717, 1.165) is 27.3 Å². The first-order valence-electron chi connectivity index (χ1n) is 10.5. The van der Waals surface area contributed by atoms with Gasteiger partial charge >= 0.3 is 0 Å². The van der Waals surface area contributed by atoms with Crippen LogP contribution in [0.4, 0.5) is 0 Å². The Morgan fingerprint density at radius 3 is 2.35 bits per heavy atom. The van der Waals surface area contributed by atoms with Crippen molar-refractivity contribution in [2.75, 3.05) is 12.3 Å². The van der Waals surface area contributed by atoms with Gasteiger partial charge in [-0.3, -0.25) is 4.79 Å². The molecule has 0 aliphatic heterocycles. The summed E-state index contributed by atoms with van der Waals surface area (Å²) < 4.78 is 1.79. The Labute approximate surface area is 196 Å². The highest BCUT2D eigenvalue weighted by Gasteiger charge is 2.44. The minimum Gasteiger partial charge on any atom is -0.354 e. The Balaban J connectivity index is 1.20. The van der Waals surface area contributed by atoms with Gasteiger partial charge in [0.05, 0.1) is 5.75 Å². The predicted octanol–water partition coefficient (Wildman–Crippen LogP) is 5.89. The molecule has 2 aromatic carbocycles. The number of rotatable bonds is 10. The summed E-state index contributed by atoms with van der Waals surface area (Å²) >= 11 is 4.71. The van der Waals surface area contributed by atoms with Gasteiger partial charge in [0.25, 0.3) is 0 Å². The molecule has 1 amide bonds. The maximum atomic E-state index is 12.3.